The van der Waals surface area contributed by atoms with Gasteiger partial charge in [-0.25, -0.2) is 14.4 Å². The van der Waals surface area contributed by atoms with E-state index < -0.39 is 0 Å². The van der Waals surface area contributed by atoms with E-state index in [1.165, 1.54) is 24.4 Å². The lowest BCUT2D eigenvalue weighted by atomic mass is 10.1. The van der Waals surface area contributed by atoms with Crippen LogP contribution in [0.4, 0.5) is 16.3 Å². The van der Waals surface area contributed by atoms with E-state index in [0.717, 1.165) is 48.5 Å². The van der Waals surface area contributed by atoms with E-state index in [4.69, 9.17) is 4.98 Å². The summed E-state index contributed by atoms with van der Waals surface area (Å²) >= 11 is 0. The maximum atomic E-state index is 13.3. The fraction of sp³-hybridized carbons (Fsp3) is 0.261. The van der Waals surface area contributed by atoms with Crippen molar-refractivity contribution in [2.24, 2.45) is 0 Å². The number of nitrogens with zero attached hydrogens (tertiary/aromatic N) is 4. The molecule has 1 aliphatic rings. The van der Waals surface area contributed by atoms with Crippen LogP contribution in [0.15, 0.2) is 65.6 Å². The molecule has 3 heterocycles. The van der Waals surface area contributed by atoms with Crippen molar-refractivity contribution >= 4 is 22.9 Å². The molecule has 0 unspecified atom stereocenters. The molecule has 0 amide bonds. The second kappa shape index (κ2) is 8.22. The van der Waals surface area contributed by atoms with E-state index in [2.05, 4.69) is 30.8 Å². The Hall–Kier alpha value is -3.68. The molecule has 1 fully saturated rings. The molecule has 0 aliphatic carbocycles. The van der Waals surface area contributed by atoms with Crippen LogP contribution in [0.5, 0.6) is 0 Å². The minimum Gasteiger partial charge on any atom is -0.353 e. The van der Waals surface area contributed by atoms with Crippen molar-refractivity contribution < 1.29 is 4.39 Å². The number of imidazole rings is 1. The van der Waals surface area contributed by atoms with Gasteiger partial charge in [0.2, 0.25) is 11.9 Å². The van der Waals surface area contributed by atoms with Crippen LogP contribution in [0.25, 0.3) is 11.0 Å². The number of nitrogens with one attached hydrogen (secondary N) is 2. The summed E-state index contributed by atoms with van der Waals surface area (Å²) < 4.78 is 15.5. The van der Waals surface area contributed by atoms with Crippen molar-refractivity contribution in [3.05, 3.63) is 82.5 Å². The van der Waals surface area contributed by atoms with E-state index in [1.807, 2.05) is 30.3 Å². The number of fused-ring (bicyclic) bond motifs is 1. The van der Waals surface area contributed by atoms with Gasteiger partial charge in [0.25, 0.3) is 5.56 Å². The van der Waals surface area contributed by atoms with Crippen molar-refractivity contribution in [1.82, 2.24) is 19.5 Å². The molecule has 2 aromatic heterocycles. The van der Waals surface area contributed by atoms with Crippen molar-refractivity contribution in [3.8, 4) is 0 Å². The number of halogens is 1. The highest BCUT2D eigenvalue weighted by molar-refractivity contribution is 5.79. The number of rotatable bonds is 5. The van der Waals surface area contributed by atoms with Gasteiger partial charge in [0, 0.05) is 31.4 Å². The van der Waals surface area contributed by atoms with Crippen LogP contribution >= 0.6 is 0 Å². The van der Waals surface area contributed by atoms with E-state index in [0.29, 0.717) is 12.5 Å². The Bertz CT molecular complexity index is 1240. The number of aromatic amines is 1. The molecule has 2 aromatic carbocycles. The lowest BCUT2D eigenvalue weighted by Gasteiger charge is -2.33. The van der Waals surface area contributed by atoms with E-state index in [1.54, 1.807) is 0 Å². The first-order valence-electron chi connectivity index (χ1n) is 10.4. The third kappa shape index (κ3) is 4.14. The van der Waals surface area contributed by atoms with Gasteiger partial charge in [0.1, 0.15) is 5.82 Å². The van der Waals surface area contributed by atoms with Gasteiger partial charge in [0.15, 0.2) is 0 Å². The first-order valence-corrected chi connectivity index (χ1v) is 10.4. The van der Waals surface area contributed by atoms with Crippen LogP contribution < -0.4 is 15.8 Å². The van der Waals surface area contributed by atoms with Gasteiger partial charge in [-0.05, 0) is 42.7 Å². The number of aromatic nitrogens is 4. The molecule has 4 aromatic rings. The van der Waals surface area contributed by atoms with Gasteiger partial charge < -0.3 is 14.8 Å². The van der Waals surface area contributed by atoms with Gasteiger partial charge >= 0.3 is 0 Å². The summed E-state index contributed by atoms with van der Waals surface area (Å²) in [5, 5.41) is 3.32. The number of anilines is 2. The Morgan fingerprint density at radius 2 is 1.84 bits per heavy atom. The van der Waals surface area contributed by atoms with Crippen molar-refractivity contribution in [2.45, 2.75) is 25.4 Å². The van der Waals surface area contributed by atoms with Crippen molar-refractivity contribution in [2.75, 3.05) is 23.3 Å². The summed E-state index contributed by atoms with van der Waals surface area (Å²) in [6, 6.07) is 16.4. The zero-order valence-electron chi connectivity index (χ0n) is 17.0. The second-order valence-corrected chi connectivity index (χ2v) is 7.80. The molecule has 0 saturated carbocycles. The minimum absolute atomic E-state index is 0.163. The van der Waals surface area contributed by atoms with Crippen LogP contribution in [0, 0.1) is 5.82 Å². The predicted molar refractivity (Wildman–Crippen MR) is 119 cm³/mol. The average Bonchev–Trinajstić information content (AvgIpc) is 3.14. The number of hydrogen-bond donors (Lipinski definition) is 2. The number of piperidine rings is 1. The first kappa shape index (κ1) is 19.3. The molecular formula is C23H23FN6O. The summed E-state index contributed by atoms with van der Waals surface area (Å²) in [6.07, 6.45) is 3.31. The predicted octanol–water partition coefficient (Wildman–Crippen LogP) is 3.39. The Labute approximate surface area is 178 Å². The standard InChI is InChI=1S/C23H23FN6O/c24-17-7-5-16(6-8-17)15-30-20-4-2-1-3-19(20)27-23(30)29-13-10-18(11-14-29)26-22-25-12-9-21(31)28-22/h1-9,12,18H,10-11,13-15H2,(H2,25,26,28,31). The molecule has 0 radical (unpaired) electrons. The summed E-state index contributed by atoms with van der Waals surface area (Å²) in [6.45, 7) is 2.30. The second-order valence-electron chi connectivity index (χ2n) is 7.80. The lowest BCUT2D eigenvalue weighted by Crippen LogP contribution is -2.40. The van der Waals surface area contributed by atoms with Gasteiger partial charge in [-0.3, -0.25) is 9.78 Å². The number of hydrogen-bond acceptors (Lipinski definition) is 5. The fourth-order valence-electron chi connectivity index (χ4n) is 4.09. The van der Waals surface area contributed by atoms with E-state index in [9.17, 15) is 9.18 Å². The largest absolute Gasteiger partial charge is 0.353 e. The first-order chi connectivity index (χ1) is 15.2. The summed E-state index contributed by atoms with van der Waals surface area (Å²) in [5.41, 5.74) is 2.88. The molecule has 0 spiro atoms. The molecular weight excluding hydrogens is 395 g/mol. The molecule has 2 N–H and O–H groups in total. The van der Waals surface area contributed by atoms with Gasteiger partial charge in [-0.15, -0.1) is 0 Å². The number of H-pyrrole nitrogens is 1. The summed E-state index contributed by atoms with van der Waals surface area (Å²) in [5.74, 6) is 1.20. The summed E-state index contributed by atoms with van der Waals surface area (Å²) in [7, 11) is 0. The van der Waals surface area contributed by atoms with E-state index >= 15 is 0 Å². The Balaban J connectivity index is 1.36. The quantitative estimate of drug-likeness (QED) is 0.519. The van der Waals surface area contributed by atoms with Gasteiger partial charge in [-0.1, -0.05) is 24.3 Å². The molecule has 8 heteroatoms. The highest BCUT2D eigenvalue weighted by Crippen LogP contribution is 2.27. The Morgan fingerprint density at radius 1 is 1.06 bits per heavy atom. The molecule has 0 bridgehead atoms. The van der Waals surface area contributed by atoms with Gasteiger partial charge in [0.05, 0.1) is 17.6 Å². The van der Waals surface area contributed by atoms with Crippen LogP contribution in [0.3, 0.4) is 0 Å². The Morgan fingerprint density at radius 3 is 2.61 bits per heavy atom. The van der Waals surface area contributed by atoms with Crippen LogP contribution in [-0.2, 0) is 6.54 Å². The Kier molecular flexibility index (Phi) is 5.11. The van der Waals surface area contributed by atoms with Crippen LogP contribution in [-0.4, -0.2) is 38.7 Å². The maximum Gasteiger partial charge on any atom is 0.252 e. The molecule has 158 valence electrons. The average molecular weight is 418 g/mol. The molecule has 1 saturated heterocycles. The SMILES string of the molecule is O=c1ccnc(NC2CCN(c3nc4ccccc4n3Cc3ccc(F)cc3)CC2)[nH]1. The maximum absolute atomic E-state index is 13.3. The minimum atomic E-state index is -0.233. The molecule has 7 nitrogen and oxygen atoms in total. The van der Waals surface area contributed by atoms with E-state index in [-0.39, 0.29) is 17.4 Å². The topological polar surface area (TPSA) is 78.8 Å². The fourth-order valence-corrected chi connectivity index (χ4v) is 4.09. The number of para-hydroxylation sites is 2. The number of benzene rings is 2. The summed E-state index contributed by atoms with van der Waals surface area (Å²) in [4.78, 5) is 25.6. The lowest BCUT2D eigenvalue weighted by molar-refractivity contribution is 0.512. The molecule has 0 atom stereocenters. The van der Waals surface area contributed by atoms with Crippen LogP contribution in [0.2, 0.25) is 0 Å². The van der Waals surface area contributed by atoms with Crippen LogP contribution in [0.1, 0.15) is 18.4 Å². The van der Waals surface area contributed by atoms with Crippen molar-refractivity contribution in [1.29, 1.82) is 0 Å². The highest BCUT2D eigenvalue weighted by Gasteiger charge is 2.24. The molecule has 5 rings (SSSR count). The zero-order valence-corrected chi connectivity index (χ0v) is 17.0. The molecule has 31 heavy (non-hydrogen) atoms. The normalized spacial score (nSPS) is 14.8. The monoisotopic (exact) mass is 418 g/mol. The third-order valence-corrected chi connectivity index (χ3v) is 5.68. The van der Waals surface area contributed by atoms with Gasteiger partial charge in [-0.2, -0.15) is 0 Å². The zero-order chi connectivity index (χ0) is 21.2. The van der Waals surface area contributed by atoms with Crippen molar-refractivity contribution in [3.63, 3.8) is 0 Å². The third-order valence-electron chi connectivity index (χ3n) is 5.68. The molecule has 1 aliphatic heterocycles. The smallest absolute Gasteiger partial charge is 0.252 e. The highest BCUT2D eigenvalue weighted by atomic mass is 19.1.